The van der Waals surface area contributed by atoms with Gasteiger partial charge in [-0.1, -0.05) is 62.8 Å². The van der Waals surface area contributed by atoms with Gasteiger partial charge < -0.3 is 5.11 Å². The van der Waals surface area contributed by atoms with Crippen molar-refractivity contribution in [2.24, 2.45) is 0 Å². The minimum atomic E-state index is -4.02. The molecule has 0 aromatic heterocycles. The lowest BCUT2D eigenvalue weighted by Gasteiger charge is -1.96. The molecule has 0 amide bonds. The molecule has 6 heteroatoms. The van der Waals surface area contributed by atoms with Crippen LogP contribution in [-0.4, -0.2) is 24.0 Å². The molecular weight excluding hydrogens is 328 g/mol. The van der Waals surface area contributed by atoms with Crippen molar-refractivity contribution in [2.45, 2.75) is 63.7 Å². The standard InChI is InChI=1S/C11H20O2.C7H8O3S/c1-2-3-4-5-6-7-8-9-10-11(12)13;1-6-2-4-7(5-3-6)11(8,9)10/h9-10H,2-8H2,1H3,(H,12,13);2-5H,1H3,(H,8,9,10). The van der Waals surface area contributed by atoms with Crippen molar-refractivity contribution in [3.8, 4) is 0 Å². The van der Waals surface area contributed by atoms with Crippen LogP contribution in [0.15, 0.2) is 41.3 Å². The molecule has 0 aliphatic rings. The molecule has 0 atom stereocenters. The van der Waals surface area contributed by atoms with E-state index in [-0.39, 0.29) is 4.90 Å². The van der Waals surface area contributed by atoms with E-state index in [1.807, 2.05) is 6.92 Å². The molecule has 0 fully saturated rings. The zero-order valence-corrected chi connectivity index (χ0v) is 15.3. The highest BCUT2D eigenvalue weighted by molar-refractivity contribution is 7.85. The van der Waals surface area contributed by atoms with Gasteiger partial charge in [0.05, 0.1) is 4.90 Å². The molecule has 24 heavy (non-hydrogen) atoms. The summed E-state index contributed by atoms with van der Waals surface area (Å²) in [5.74, 6) is -0.842. The van der Waals surface area contributed by atoms with Crippen LogP contribution in [0, 0.1) is 6.92 Å². The molecule has 2 N–H and O–H groups in total. The van der Waals surface area contributed by atoms with Gasteiger partial charge >= 0.3 is 5.97 Å². The topological polar surface area (TPSA) is 91.7 Å². The summed E-state index contributed by atoms with van der Waals surface area (Å²) >= 11 is 0. The van der Waals surface area contributed by atoms with E-state index in [0.29, 0.717) is 0 Å². The number of allylic oxidation sites excluding steroid dienone is 1. The van der Waals surface area contributed by atoms with E-state index in [9.17, 15) is 13.2 Å². The average Bonchev–Trinajstić information content (AvgIpc) is 2.50. The van der Waals surface area contributed by atoms with Crippen LogP contribution >= 0.6 is 0 Å². The number of carbonyl (C=O) groups is 1. The van der Waals surface area contributed by atoms with E-state index in [4.69, 9.17) is 9.66 Å². The highest BCUT2D eigenvalue weighted by Crippen LogP contribution is 2.08. The SMILES string of the molecule is CCCCCCCCC=CC(=O)O.Cc1ccc(S(=O)(=O)O)cc1. The van der Waals surface area contributed by atoms with Crippen LogP contribution in [0.1, 0.15) is 57.4 Å². The van der Waals surface area contributed by atoms with Crippen LogP contribution in [-0.2, 0) is 14.9 Å². The van der Waals surface area contributed by atoms with E-state index in [1.165, 1.54) is 50.3 Å². The quantitative estimate of drug-likeness (QED) is 0.383. The fourth-order valence-corrected chi connectivity index (χ4v) is 2.42. The summed E-state index contributed by atoms with van der Waals surface area (Å²) in [5.41, 5.74) is 0.956. The number of hydrogen-bond donors (Lipinski definition) is 2. The first-order valence-electron chi connectivity index (χ1n) is 8.21. The molecule has 0 aliphatic carbocycles. The largest absolute Gasteiger partial charge is 0.478 e. The molecule has 0 saturated heterocycles. The smallest absolute Gasteiger partial charge is 0.327 e. The van der Waals surface area contributed by atoms with Gasteiger partial charge in [-0.15, -0.1) is 0 Å². The van der Waals surface area contributed by atoms with Crippen LogP contribution < -0.4 is 0 Å². The van der Waals surface area contributed by atoms with Gasteiger partial charge in [0.1, 0.15) is 0 Å². The summed E-state index contributed by atoms with van der Waals surface area (Å²) < 4.78 is 29.6. The summed E-state index contributed by atoms with van der Waals surface area (Å²) in [6.07, 6.45) is 11.4. The van der Waals surface area contributed by atoms with Gasteiger partial charge in [-0.05, 0) is 31.9 Å². The van der Waals surface area contributed by atoms with Crippen LogP contribution in [0.2, 0.25) is 0 Å². The van der Waals surface area contributed by atoms with Crippen molar-refractivity contribution in [2.75, 3.05) is 0 Å². The molecule has 0 heterocycles. The lowest BCUT2D eigenvalue weighted by molar-refractivity contribution is -0.131. The zero-order chi connectivity index (χ0) is 18.4. The molecule has 0 radical (unpaired) electrons. The lowest BCUT2D eigenvalue weighted by atomic mass is 10.1. The van der Waals surface area contributed by atoms with Crippen LogP contribution in [0.4, 0.5) is 0 Å². The predicted molar refractivity (Wildman–Crippen MR) is 95.8 cm³/mol. The molecule has 0 unspecified atom stereocenters. The number of carboxylic acid groups (broad SMARTS) is 1. The van der Waals surface area contributed by atoms with Gasteiger partial charge in [0.15, 0.2) is 0 Å². The molecule has 136 valence electrons. The Bertz CT molecular complexity index is 588. The Morgan fingerprint density at radius 3 is 2.08 bits per heavy atom. The van der Waals surface area contributed by atoms with E-state index >= 15 is 0 Å². The summed E-state index contributed by atoms with van der Waals surface area (Å²) in [4.78, 5) is 10.0. The minimum Gasteiger partial charge on any atom is -0.478 e. The third kappa shape index (κ3) is 12.8. The Labute approximate surface area is 145 Å². The second-order valence-electron chi connectivity index (χ2n) is 5.59. The van der Waals surface area contributed by atoms with Gasteiger partial charge in [-0.2, -0.15) is 8.42 Å². The maximum Gasteiger partial charge on any atom is 0.327 e. The Morgan fingerprint density at radius 2 is 1.58 bits per heavy atom. The molecule has 1 aromatic rings. The van der Waals surface area contributed by atoms with Crippen molar-refractivity contribution in [1.82, 2.24) is 0 Å². The summed E-state index contributed by atoms with van der Waals surface area (Å²) in [7, 11) is -4.02. The molecule has 0 aliphatic heterocycles. The first-order chi connectivity index (χ1) is 11.3. The number of unbranched alkanes of at least 4 members (excludes halogenated alkanes) is 6. The maximum absolute atomic E-state index is 10.5. The molecular formula is C18H28O5S. The Balaban J connectivity index is 0.000000446. The first kappa shape index (κ1) is 22.3. The minimum absolute atomic E-state index is 0.0666. The first-order valence-corrected chi connectivity index (χ1v) is 9.65. The van der Waals surface area contributed by atoms with Crippen molar-refractivity contribution in [3.63, 3.8) is 0 Å². The molecule has 0 bridgehead atoms. The second-order valence-corrected chi connectivity index (χ2v) is 7.01. The Morgan fingerprint density at radius 1 is 1.04 bits per heavy atom. The van der Waals surface area contributed by atoms with Crippen LogP contribution in [0.25, 0.3) is 0 Å². The Hall–Kier alpha value is -1.66. The van der Waals surface area contributed by atoms with Crippen molar-refractivity contribution < 1.29 is 22.9 Å². The van der Waals surface area contributed by atoms with Gasteiger partial charge in [-0.25, -0.2) is 4.79 Å². The van der Waals surface area contributed by atoms with Crippen molar-refractivity contribution in [3.05, 3.63) is 42.0 Å². The highest BCUT2D eigenvalue weighted by Gasteiger charge is 2.06. The average molecular weight is 356 g/mol. The van der Waals surface area contributed by atoms with Gasteiger partial charge in [0.25, 0.3) is 10.1 Å². The summed E-state index contributed by atoms with van der Waals surface area (Å²) in [6, 6.07) is 5.99. The Kier molecular flexibility index (Phi) is 11.8. The van der Waals surface area contributed by atoms with E-state index in [0.717, 1.165) is 18.4 Å². The number of aliphatic carboxylic acids is 1. The normalized spacial score (nSPS) is 11.1. The second kappa shape index (κ2) is 12.7. The van der Waals surface area contributed by atoms with Crippen molar-refractivity contribution >= 4 is 16.1 Å². The molecule has 0 spiro atoms. The van der Waals surface area contributed by atoms with E-state index in [2.05, 4.69) is 6.92 Å². The van der Waals surface area contributed by atoms with E-state index < -0.39 is 16.1 Å². The molecule has 0 saturated carbocycles. The van der Waals surface area contributed by atoms with Crippen LogP contribution in [0.3, 0.4) is 0 Å². The predicted octanol–water partition coefficient (Wildman–Crippen LogP) is 4.62. The van der Waals surface area contributed by atoms with Crippen molar-refractivity contribution in [1.29, 1.82) is 0 Å². The fourth-order valence-electron chi connectivity index (χ4n) is 1.94. The highest BCUT2D eigenvalue weighted by atomic mass is 32.2. The van der Waals surface area contributed by atoms with Crippen LogP contribution in [0.5, 0.6) is 0 Å². The number of rotatable bonds is 9. The number of benzene rings is 1. The molecule has 1 rings (SSSR count). The summed E-state index contributed by atoms with van der Waals surface area (Å²) in [5, 5.41) is 8.30. The monoisotopic (exact) mass is 356 g/mol. The maximum atomic E-state index is 10.5. The lowest BCUT2D eigenvalue weighted by Crippen LogP contribution is -1.96. The summed E-state index contributed by atoms with van der Waals surface area (Å²) in [6.45, 7) is 4.05. The number of carboxylic acids is 1. The van der Waals surface area contributed by atoms with E-state index in [1.54, 1.807) is 18.2 Å². The van der Waals surface area contributed by atoms with Gasteiger partial charge in [0, 0.05) is 6.08 Å². The molecule has 1 aromatic carbocycles. The van der Waals surface area contributed by atoms with Gasteiger partial charge in [-0.3, -0.25) is 4.55 Å². The van der Waals surface area contributed by atoms with Gasteiger partial charge in [0.2, 0.25) is 0 Å². The number of aryl methyl sites for hydroxylation is 1. The molecule has 5 nitrogen and oxygen atoms in total. The third-order valence-electron chi connectivity index (χ3n) is 3.30. The zero-order valence-electron chi connectivity index (χ0n) is 14.4. The third-order valence-corrected chi connectivity index (χ3v) is 4.17. The number of hydrogen-bond acceptors (Lipinski definition) is 3. The fraction of sp³-hybridized carbons (Fsp3) is 0.500.